The van der Waals surface area contributed by atoms with Crippen molar-refractivity contribution in [2.24, 2.45) is 0 Å². The molecule has 0 saturated carbocycles. The van der Waals surface area contributed by atoms with Gasteiger partial charge in [0.05, 0.1) is 4.92 Å². The predicted octanol–water partition coefficient (Wildman–Crippen LogP) is 1.81. The Balaban J connectivity index is 1.82. The highest BCUT2D eigenvalue weighted by atomic mass is 19.3. The lowest BCUT2D eigenvalue weighted by atomic mass is 10.2. The number of imide groups is 1. The van der Waals surface area contributed by atoms with Crippen LogP contribution in [0.4, 0.5) is 14.5 Å². The number of nitrogens with zero attached hydrogens (tertiary/aromatic N) is 1. The van der Waals surface area contributed by atoms with Gasteiger partial charge in [-0.15, -0.1) is 0 Å². The molecule has 1 unspecified atom stereocenters. The number of rotatable bonds is 9. The number of carbonyl (C=O) groups is 4. The summed E-state index contributed by atoms with van der Waals surface area (Å²) in [6, 6.07) is 8.15. The number of alkyl halides is 2. The summed E-state index contributed by atoms with van der Waals surface area (Å²) in [4.78, 5) is 58.0. The summed E-state index contributed by atoms with van der Waals surface area (Å²) >= 11 is 0. The van der Waals surface area contributed by atoms with Crippen LogP contribution in [0.3, 0.4) is 0 Å². The van der Waals surface area contributed by atoms with E-state index >= 15 is 0 Å². The summed E-state index contributed by atoms with van der Waals surface area (Å²) in [5, 5.41) is 15.0. The third-order valence-electron chi connectivity index (χ3n) is 3.96. The van der Waals surface area contributed by atoms with Crippen LogP contribution in [0.1, 0.15) is 27.6 Å². The Labute approximate surface area is 184 Å². The van der Waals surface area contributed by atoms with Gasteiger partial charge in [0.15, 0.2) is 6.61 Å². The van der Waals surface area contributed by atoms with Crippen LogP contribution in [0.2, 0.25) is 0 Å². The molecule has 2 rings (SSSR count). The van der Waals surface area contributed by atoms with Gasteiger partial charge in [-0.1, -0.05) is 6.07 Å². The highest BCUT2D eigenvalue weighted by Crippen LogP contribution is 2.15. The zero-order valence-corrected chi connectivity index (χ0v) is 16.9. The number of benzene rings is 2. The van der Waals surface area contributed by atoms with Crippen molar-refractivity contribution < 1.29 is 42.4 Å². The fraction of sp³-hybridized carbons (Fsp3) is 0.200. The van der Waals surface area contributed by atoms with Gasteiger partial charge in [-0.05, 0) is 37.3 Å². The second-order valence-corrected chi connectivity index (χ2v) is 6.39. The minimum Gasteiger partial charge on any atom is -0.454 e. The molecule has 0 aromatic heterocycles. The normalized spacial score (nSPS) is 11.3. The average molecular weight is 465 g/mol. The lowest BCUT2D eigenvalue weighted by molar-refractivity contribution is -0.384. The number of nitro groups is 1. The van der Waals surface area contributed by atoms with Crippen LogP contribution >= 0.6 is 0 Å². The Hall–Kier alpha value is -4.42. The van der Waals surface area contributed by atoms with Crippen LogP contribution in [0, 0.1) is 10.1 Å². The van der Waals surface area contributed by atoms with Crippen molar-refractivity contribution in [1.29, 1.82) is 0 Å². The van der Waals surface area contributed by atoms with Gasteiger partial charge in [0.2, 0.25) is 0 Å². The first-order chi connectivity index (χ1) is 15.6. The van der Waals surface area contributed by atoms with Gasteiger partial charge in [0.25, 0.3) is 23.4 Å². The van der Waals surface area contributed by atoms with Gasteiger partial charge in [-0.25, -0.2) is 4.79 Å². The van der Waals surface area contributed by atoms with Crippen molar-refractivity contribution in [3.05, 3.63) is 69.8 Å². The molecule has 0 aliphatic rings. The summed E-state index contributed by atoms with van der Waals surface area (Å²) in [7, 11) is 0. The number of esters is 1. The maximum Gasteiger partial charge on any atom is 0.387 e. The second kappa shape index (κ2) is 11.3. The number of halogens is 2. The standard InChI is InChI=1S/C20H17F2N3O8/c1-11(23-18(28)13-3-2-4-14(9-13)25(30)31)19(29)32-10-16(26)24-17(27)12-5-7-15(8-6-12)33-20(21)22/h2-9,11,20H,10H2,1H3,(H,23,28)(H,24,26,27). The van der Waals surface area contributed by atoms with Crippen molar-refractivity contribution >= 4 is 29.4 Å². The van der Waals surface area contributed by atoms with E-state index < -0.39 is 47.9 Å². The molecule has 0 radical (unpaired) electrons. The molecule has 0 aliphatic heterocycles. The van der Waals surface area contributed by atoms with Crippen LogP contribution in [-0.2, 0) is 14.3 Å². The zero-order chi connectivity index (χ0) is 24.5. The third-order valence-corrected chi connectivity index (χ3v) is 3.96. The van der Waals surface area contributed by atoms with Gasteiger partial charge < -0.3 is 14.8 Å². The van der Waals surface area contributed by atoms with E-state index in [1.54, 1.807) is 0 Å². The van der Waals surface area contributed by atoms with Crippen molar-refractivity contribution in [2.45, 2.75) is 19.6 Å². The first-order valence-electron chi connectivity index (χ1n) is 9.18. The Morgan fingerprint density at radius 1 is 1.03 bits per heavy atom. The summed E-state index contributed by atoms with van der Waals surface area (Å²) in [5.74, 6) is -3.79. The van der Waals surface area contributed by atoms with E-state index in [0.29, 0.717) is 0 Å². The molecule has 0 saturated heterocycles. The van der Waals surface area contributed by atoms with Crippen LogP contribution in [0.15, 0.2) is 48.5 Å². The molecule has 2 aromatic rings. The molecule has 0 bridgehead atoms. The topological polar surface area (TPSA) is 154 Å². The highest BCUT2D eigenvalue weighted by Gasteiger charge is 2.21. The molecule has 0 fully saturated rings. The number of amides is 3. The molecular formula is C20H17F2N3O8. The molecule has 174 valence electrons. The maximum absolute atomic E-state index is 12.1. The fourth-order valence-electron chi connectivity index (χ4n) is 2.38. The predicted molar refractivity (Wildman–Crippen MR) is 107 cm³/mol. The summed E-state index contributed by atoms with van der Waals surface area (Å²) in [6.45, 7) is -2.60. The van der Waals surface area contributed by atoms with Crippen molar-refractivity contribution in [3.63, 3.8) is 0 Å². The molecule has 0 aliphatic carbocycles. The quantitative estimate of drug-likeness (QED) is 0.323. The Morgan fingerprint density at radius 3 is 2.30 bits per heavy atom. The number of ether oxygens (including phenoxy) is 2. The lowest BCUT2D eigenvalue weighted by Crippen LogP contribution is -2.41. The van der Waals surface area contributed by atoms with Crippen molar-refractivity contribution in [2.75, 3.05) is 6.61 Å². The molecule has 13 heteroatoms. The molecule has 2 N–H and O–H groups in total. The monoisotopic (exact) mass is 465 g/mol. The summed E-state index contributed by atoms with van der Waals surface area (Å²) in [6.07, 6.45) is 0. The fourth-order valence-corrected chi connectivity index (χ4v) is 2.38. The van der Waals surface area contributed by atoms with Gasteiger partial charge in [0.1, 0.15) is 11.8 Å². The smallest absolute Gasteiger partial charge is 0.387 e. The van der Waals surface area contributed by atoms with Crippen LogP contribution in [-0.4, -0.2) is 47.9 Å². The third kappa shape index (κ3) is 7.65. The molecule has 0 spiro atoms. The zero-order valence-electron chi connectivity index (χ0n) is 16.9. The van der Waals surface area contributed by atoms with Gasteiger partial charge in [-0.2, -0.15) is 8.78 Å². The molecule has 2 aromatic carbocycles. The van der Waals surface area contributed by atoms with E-state index in [4.69, 9.17) is 4.74 Å². The van der Waals surface area contributed by atoms with E-state index in [0.717, 1.165) is 30.3 Å². The number of hydrogen-bond donors (Lipinski definition) is 2. The lowest BCUT2D eigenvalue weighted by Gasteiger charge is -2.13. The first kappa shape index (κ1) is 24.8. The Bertz CT molecular complexity index is 1060. The Morgan fingerprint density at radius 2 is 1.70 bits per heavy atom. The van der Waals surface area contributed by atoms with Gasteiger partial charge >= 0.3 is 12.6 Å². The number of nitrogens with one attached hydrogen (secondary N) is 2. The van der Waals surface area contributed by atoms with Gasteiger partial charge in [-0.3, -0.25) is 29.8 Å². The second-order valence-electron chi connectivity index (χ2n) is 6.39. The van der Waals surface area contributed by atoms with E-state index in [2.05, 4.69) is 10.1 Å². The summed E-state index contributed by atoms with van der Waals surface area (Å²) in [5.41, 5.74) is -0.401. The Kier molecular flexibility index (Phi) is 8.49. The van der Waals surface area contributed by atoms with E-state index in [1.807, 2.05) is 5.32 Å². The van der Waals surface area contributed by atoms with Crippen molar-refractivity contribution in [3.8, 4) is 5.75 Å². The molecule has 1 atom stereocenters. The molecule has 3 amide bonds. The maximum atomic E-state index is 12.1. The van der Waals surface area contributed by atoms with E-state index in [-0.39, 0.29) is 22.6 Å². The van der Waals surface area contributed by atoms with Crippen LogP contribution in [0.5, 0.6) is 5.75 Å². The van der Waals surface area contributed by atoms with Crippen LogP contribution in [0.25, 0.3) is 0 Å². The first-order valence-corrected chi connectivity index (χ1v) is 9.18. The van der Waals surface area contributed by atoms with Crippen LogP contribution < -0.4 is 15.4 Å². The molecule has 11 nitrogen and oxygen atoms in total. The van der Waals surface area contributed by atoms with Crippen molar-refractivity contribution in [1.82, 2.24) is 10.6 Å². The molecule has 33 heavy (non-hydrogen) atoms. The van der Waals surface area contributed by atoms with E-state index in [1.165, 1.54) is 25.1 Å². The number of nitro benzene ring substituents is 1. The average Bonchev–Trinajstić information content (AvgIpc) is 2.77. The number of non-ortho nitro benzene ring substituents is 1. The SMILES string of the molecule is CC(NC(=O)c1cccc([N+](=O)[O-])c1)C(=O)OCC(=O)NC(=O)c1ccc(OC(F)F)cc1. The molecular weight excluding hydrogens is 448 g/mol. The largest absolute Gasteiger partial charge is 0.454 e. The number of hydrogen-bond acceptors (Lipinski definition) is 8. The summed E-state index contributed by atoms with van der Waals surface area (Å²) < 4.78 is 33.1. The highest BCUT2D eigenvalue weighted by molar-refractivity contribution is 6.05. The van der Waals surface area contributed by atoms with Gasteiger partial charge in [0, 0.05) is 23.3 Å². The number of carbonyl (C=O) groups excluding carboxylic acids is 4. The minimum atomic E-state index is -3.03. The van der Waals surface area contributed by atoms with E-state index in [9.17, 15) is 38.1 Å². The minimum absolute atomic E-state index is 0.0334. The molecule has 0 heterocycles.